The fraction of sp³-hybridized carbons (Fsp3) is 0.438. The molecule has 0 radical (unpaired) electrons. The van der Waals surface area contributed by atoms with E-state index in [0.29, 0.717) is 18.2 Å². The quantitative estimate of drug-likeness (QED) is 0.849. The molecule has 0 aliphatic carbocycles. The maximum absolute atomic E-state index is 10.1. The van der Waals surface area contributed by atoms with Crippen molar-refractivity contribution in [3.8, 4) is 5.75 Å². The number of rotatable bonds is 7. The Bertz CT molecular complexity index is 615. The summed E-state index contributed by atoms with van der Waals surface area (Å²) in [5.74, 6) is 1.64. The van der Waals surface area contributed by atoms with E-state index in [9.17, 15) is 5.11 Å². The van der Waals surface area contributed by atoms with Gasteiger partial charge < -0.3 is 14.4 Å². The summed E-state index contributed by atoms with van der Waals surface area (Å²) in [4.78, 5) is 6.23. The molecular weight excluding hydrogens is 302 g/mol. The molecule has 1 aromatic heterocycles. The number of halogens is 1. The van der Waals surface area contributed by atoms with Crippen LogP contribution < -0.4 is 4.74 Å². The van der Waals surface area contributed by atoms with Gasteiger partial charge in [-0.3, -0.25) is 4.90 Å². The number of aryl methyl sites for hydroxylation is 1. The van der Waals surface area contributed by atoms with Crippen molar-refractivity contribution in [2.45, 2.75) is 19.6 Å². The zero-order valence-electron chi connectivity index (χ0n) is 13.2. The average molecular weight is 324 g/mol. The van der Waals surface area contributed by atoms with Crippen LogP contribution in [0.2, 0.25) is 5.15 Å². The summed E-state index contributed by atoms with van der Waals surface area (Å²) < 4.78 is 7.44. The highest BCUT2D eigenvalue weighted by molar-refractivity contribution is 6.29. The van der Waals surface area contributed by atoms with Crippen molar-refractivity contribution in [2.75, 3.05) is 20.2 Å². The largest absolute Gasteiger partial charge is 0.491 e. The van der Waals surface area contributed by atoms with Crippen molar-refractivity contribution in [2.24, 2.45) is 7.05 Å². The molecule has 1 heterocycles. The lowest BCUT2D eigenvalue weighted by atomic mass is 10.2. The molecule has 0 bridgehead atoms. The lowest BCUT2D eigenvalue weighted by molar-refractivity contribution is 0.0734. The van der Waals surface area contributed by atoms with Crippen LogP contribution in [0, 0.1) is 6.92 Å². The van der Waals surface area contributed by atoms with Crippen molar-refractivity contribution in [1.29, 1.82) is 0 Å². The summed E-state index contributed by atoms with van der Waals surface area (Å²) in [6, 6.07) is 7.79. The van der Waals surface area contributed by atoms with Gasteiger partial charge in [-0.2, -0.15) is 0 Å². The first-order chi connectivity index (χ1) is 10.5. The molecule has 5 nitrogen and oxygen atoms in total. The van der Waals surface area contributed by atoms with Gasteiger partial charge in [0.25, 0.3) is 0 Å². The minimum absolute atomic E-state index is 0.259. The predicted octanol–water partition coefficient (Wildman–Crippen LogP) is 2.25. The zero-order valence-corrected chi connectivity index (χ0v) is 13.9. The Kier molecular flexibility index (Phi) is 5.83. The van der Waals surface area contributed by atoms with Crippen molar-refractivity contribution >= 4 is 11.6 Å². The van der Waals surface area contributed by atoms with Gasteiger partial charge in [-0.15, -0.1) is 0 Å². The van der Waals surface area contributed by atoms with Gasteiger partial charge in [0.2, 0.25) is 0 Å². The smallest absolute Gasteiger partial charge is 0.128 e. The molecule has 1 unspecified atom stereocenters. The molecule has 1 aromatic carbocycles. The number of hydrogen-bond donors (Lipinski definition) is 1. The van der Waals surface area contributed by atoms with E-state index in [-0.39, 0.29) is 6.61 Å². The Balaban J connectivity index is 1.79. The first-order valence-corrected chi connectivity index (χ1v) is 7.55. The first-order valence-electron chi connectivity index (χ1n) is 7.18. The van der Waals surface area contributed by atoms with Crippen LogP contribution in [0.1, 0.15) is 11.4 Å². The lowest BCUT2D eigenvalue weighted by Gasteiger charge is -2.20. The highest BCUT2D eigenvalue weighted by Crippen LogP contribution is 2.13. The van der Waals surface area contributed by atoms with E-state index in [1.54, 1.807) is 6.20 Å². The van der Waals surface area contributed by atoms with E-state index < -0.39 is 6.10 Å². The van der Waals surface area contributed by atoms with Gasteiger partial charge >= 0.3 is 0 Å². The standard InChI is InChI=1S/C16H22ClN3O2/c1-12-5-4-6-14(7-12)22-11-13(21)9-19(2)10-16-18-8-15(17)20(16)3/h4-8,13,21H,9-11H2,1-3H3. The highest BCUT2D eigenvalue weighted by Gasteiger charge is 2.12. The first kappa shape index (κ1) is 16.8. The van der Waals surface area contributed by atoms with Gasteiger partial charge in [-0.25, -0.2) is 4.98 Å². The topological polar surface area (TPSA) is 50.5 Å². The molecule has 0 fully saturated rings. The van der Waals surface area contributed by atoms with Gasteiger partial charge in [-0.05, 0) is 31.7 Å². The van der Waals surface area contributed by atoms with Crippen LogP contribution in [0.25, 0.3) is 0 Å². The number of aliphatic hydroxyl groups is 1. The monoisotopic (exact) mass is 323 g/mol. The van der Waals surface area contributed by atoms with Gasteiger partial charge in [-0.1, -0.05) is 23.7 Å². The number of imidazole rings is 1. The Morgan fingerprint density at radius 2 is 2.23 bits per heavy atom. The molecular formula is C16H22ClN3O2. The molecule has 0 spiro atoms. The van der Waals surface area contributed by atoms with Crippen LogP contribution in [0.15, 0.2) is 30.5 Å². The summed E-state index contributed by atoms with van der Waals surface area (Å²) in [5, 5.41) is 10.7. The second-order valence-electron chi connectivity index (χ2n) is 5.53. The summed E-state index contributed by atoms with van der Waals surface area (Å²) in [5.41, 5.74) is 1.13. The van der Waals surface area contributed by atoms with E-state index in [4.69, 9.17) is 16.3 Å². The number of aliphatic hydroxyl groups excluding tert-OH is 1. The van der Waals surface area contributed by atoms with Crippen LogP contribution in [0.3, 0.4) is 0 Å². The van der Waals surface area contributed by atoms with Crippen LogP contribution in [0.4, 0.5) is 0 Å². The highest BCUT2D eigenvalue weighted by atomic mass is 35.5. The zero-order chi connectivity index (χ0) is 16.1. The Morgan fingerprint density at radius 1 is 1.45 bits per heavy atom. The van der Waals surface area contributed by atoms with Crippen molar-refractivity contribution < 1.29 is 9.84 Å². The second kappa shape index (κ2) is 7.63. The van der Waals surface area contributed by atoms with Crippen LogP contribution >= 0.6 is 11.6 Å². The molecule has 0 aliphatic rings. The predicted molar refractivity (Wildman–Crippen MR) is 87.2 cm³/mol. The molecule has 1 atom stereocenters. The minimum atomic E-state index is -0.568. The number of ether oxygens (including phenoxy) is 1. The number of benzene rings is 1. The molecule has 0 saturated heterocycles. The average Bonchev–Trinajstić information content (AvgIpc) is 2.77. The van der Waals surface area contributed by atoms with E-state index in [1.165, 1.54) is 0 Å². The van der Waals surface area contributed by atoms with Crippen molar-refractivity contribution in [3.63, 3.8) is 0 Å². The van der Waals surface area contributed by atoms with Gasteiger partial charge in [0.05, 0.1) is 12.7 Å². The van der Waals surface area contributed by atoms with Crippen molar-refractivity contribution in [1.82, 2.24) is 14.5 Å². The summed E-state index contributed by atoms with van der Waals surface area (Å²) in [7, 11) is 3.80. The lowest BCUT2D eigenvalue weighted by Crippen LogP contribution is -2.33. The molecule has 2 aromatic rings. The van der Waals surface area contributed by atoms with E-state index in [2.05, 4.69) is 4.98 Å². The molecule has 120 valence electrons. The van der Waals surface area contributed by atoms with E-state index in [0.717, 1.165) is 17.1 Å². The Labute approximate surface area is 136 Å². The van der Waals surface area contributed by atoms with Gasteiger partial charge in [0.1, 0.15) is 29.4 Å². The van der Waals surface area contributed by atoms with E-state index >= 15 is 0 Å². The maximum Gasteiger partial charge on any atom is 0.128 e. The Hall–Kier alpha value is -1.56. The van der Waals surface area contributed by atoms with Crippen LogP contribution in [-0.4, -0.2) is 45.9 Å². The van der Waals surface area contributed by atoms with Crippen LogP contribution in [-0.2, 0) is 13.6 Å². The number of hydrogen-bond acceptors (Lipinski definition) is 4. The van der Waals surface area contributed by atoms with Crippen molar-refractivity contribution in [3.05, 3.63) is 47.0 Å². The van der Waals surface area contributed by atoms with E-state index in [1.807, 2.05) is 54.8 Å². The fourth-order valence-electron chi connectivity index (χ4n) is 2.19. The summed E-state index contributed by atoms with van der Waals surface area (Å²) >= 11 is 5.96. The third-order valence-corrected chi connectivity index (χ3v) is 3.74. The second-order valence-corrected chi connectivity index (χ2v) is 5.92. The molecule has 0 saturated carbocycles. The third-order valence-electron chi connectivity index (χ3n) is 3.39. The molecule has 22 heavy (non-hydrogen) atoms. The maximum atomic E-state index is 10.1. The molecule has 0 amide bonds. The molecule has 1 N–H and O–H groups in total. The third kappa shape index (κ3) is 4.73. The minimum Gasteiger partial charge on any atom is -0.491 e. The molecule has 0 aliphatic heterocycles. The number of likely N-dealkylation sites (N-methyl/N-ethyl adjacent to an activating group) is 1. The SMILES string of the molecule is Cc1cccc(OCC(O)CN(C)Cc2ncc(Cl)n2C)c1. The Morgan fingerprint density at radius 3 is 2.86 bits per heavy atom. The van der Waals surface area contributed by atoms with Crippen LogP contribution in [0.5, 0.6) is 5.75 Å². The summed E-state index contributed by atoms with van der Waals surface area (Å²) in [6.07, 6.45) is 1.06. The number of aromatic nitrogens is 2. The molecule has 6 heteroatoms. The van der Waals surface area contributed by atoms with Gasteiger partial charge in [0, 0.05) is 13.6 Å². The normalized spacial score (nSPS) is 12.6. The molecule has 2 rings (SSSR count). The van der Waals surface area contributed by atoms with Gasteiger partial charge in [0.15, 0.2) is 0 Å². The fourth-order valence-corrected chi connectivity index (χ4v) is 2.33. The summed E-state index contributed by atoms with van der Waals surface area (Å²) in [6.45, 7) is 3.38. The number of nitrogens with zero attached hydrogens (tertiary/aromatic N) is 3.